The molecule has 0 spiro atoms. The second-order valence-corrected chi connectivity index (χ2v) is 6.59. The Labute approximate surface area is 124 Å². The first kappa shape index (κ1) is 15.4. The lowest BCUT2D eigenvalue weighted by Crippen LogP contribution is -2.41. The summed E-state index contributed by atoms with van der Waals surface area (Å²) < 4.78 is 12.9. The molecule has 0 radical (unpaired) electrons. The van der Waals surface area contributed by atoms with Gasteiger partial charge in [0.05, 0.1) is 5.25 Å². The number of rotatable bonds is 5. The van der Waals surface area contributed by atoms with E-state index in [1.54, 1.807) is 12.1 Å². The highest BCUT2D eigenvalue weighted by Crippen LogP contribution is 2.26. The molecule has 1 N–H and O–H groups in total. The van der Waals surface area contributed by atoms with E-state index in [9.17, 15) is 9.18 Å². The van der Waals surface area contributed by atoms with Gasteiger partial charge in [-0.15, -0.1) is 11.8 Å². The number of hydrogen-bond donors (Lipinski definition) is 1. The number of halogens is 1. The Hall–Kier alpha value is -1.03. The molecule has 4 heteroatoms. The second-order valence-electron chi connectivity index (χ2n) is 5.31. The summed E-state index contributed by atoms with van der Waals surface area (Å²) in [6, 6.07) is 6.69. The number of benzene rings is 1. The van der Waals surface area contributed by atoms with Crippen LogP contribution in [0.15, 0.2) is 29.2 Å². The zero-order valence-electron chi connectivity index (χ0n) is 11.9. The van der Waals surface area contributed by atoms with Crippen LogP contribution in [0, 0.1) is 5.82 Å². The minimum Gasteiger partial charge on any atom is -0.352 e. The van der Waals surface area contributed by atoms with Crippen LogP contribution in [0.25, 0.3) is 0 Å². The summed E-state index contributed by atoms with van der Waals surface area (Å²) >= 11 is 1.52. The van der Waals surface area contributed by atoms with Crippen LogP contribution in [0.4, 0.5) is 4.39 Å². The van der Waals surface area contributed by atoms with Crippen LogP contribution < -0.4 is 5.32 Å². The van der Waals surface area contributed by atoms with E-state index in [-0.39, 0.29) is 17.0 Å². The Bertz CT molecular complexity index is 429. The van der Waals surface area contributed by atoms with Gasteiger partial charge in [-0.2, -0.15) is 0 Å². The fourth-order valence-corrected chi connectivity index (χ4v) is 3.50. The zero-order valence-corrected chi connectivity index (χ0v) is 12.7. The van der Waals surface area contributed by atoms with Crippen molar-refractivity contribution in [1.29, 1.82) is 0 Å². The monoisotopic (exact) mass is 295 g/mol. The maximum absolute atomic E-state index is 12.9. The van der Waals surface area contributed by atoms with Crippen LogP contribution in [-0.2, 0) is 4.79 Å². The van der Waals surface area contributed by atoms with Gasteiger partial charge in [-0.3, -0.25) is 4.79 Å². The summed E-state index contributed by atoms with van der Waals surface area (Å²) in [6.45, 7) is 2.02. The van der Waals surface area contributed by atoms with Crippen LogP contribution >= 0.6 is 11.8 Å². The van der Waals surface area contributed by atoms with Gasteiger partial charge >= 0.3 is 0 Å². The van der Waals surface area contributed by atoms with E-state index < -0.39 is 0 Å². The molecule has 20 heavy (non-hydrogen) atoms. The summed E-state index contributed by atoms with van der Waals surface area (Å²) in [5.41, 5.74) is 0. The molecule has 110 valence electrons. The third kappa shape index (κ3) is 4.51. The highest BCUT2D eigenvalue weighted by atomic mass is 32.2. The molecular weight excluding hydrogens is 273 g/mol. The molecule has 1 aromatic rings. The highest BCUT2D eigenvalue weighted by Gasteiger charge is 2.22. The fraction of sp³-hybridized carbons (Fsp3) is 0.562. The van der Waals surface area contributed by atoms with Gasteiger partial charge in [0.25, 0.3) is 0 Å². The number of carbonyl (C=O) groups is 1. The van der Waals surface area contributed by atoms with E-state index in [4.69, 9.17) is 0 Å². The van der Waals surface area contributed by atoms with Crippen molar-refractivity contribution in [2.75, 3.05) is 0 Å². The molecular formula is C16H22FNOS. The third-order valence-electron chi connectivity index (χ3n) is 3.71. The predicted molar refractivity (Wildman–Crippen MR) is 81.4 cm³/mol. The molecule has 0 heterocycles. The van der Waals surface area contributed by atoms with E-state index in [0.717, 1.165) is 24.2 Å². The number of amides is 1. The van der Waals surface area contributed by atoms with Gasteiger partial charge in [-0.25, -0.2) is 4.39 Å². The van der Waals surface area contributed by atoms with Crippen molar-refractivity contribution in [3.05, 3.63) is 30.1 Å². The molecule has 0 aliphatic heterocycles. The normalized spacial score (nSPS) is 17.7. The number of thioether (sulfide) groups is 1. The van der Waals surface area contributed by atoms with Gasteiger partial charge < -0.3 is 5.32 Å². The lowest BCUT2D eigenvalue weighted by molar-refractivity contribution is -0.121. The summed E-state index contributed by atoms with van der Waals surface area (Å²) in [7, 11) is 0. The van der Waals surface area contributed by atoms with E-state index in [1.807, 2.05) is 6.92 Å². The average molecular weight is 295 g/mol. The van der Waals surface area contributed by atoms with Crippen LogP contribution in [0.3, 0.4) is 0 Å². The first-order valence-corrected chi connectivity index (χ1v) is 8.29. The van der Waals surface area contributed by atoms with Gasteiger partial charge in [0.1, 0.15) is 5.82 Å². The standard InChI is InChI=1S/C16H22FNOS/c1-2-15(20-14-10-8-12(17)9-11-14)16(19)18-13-6-4-3-5-7-13/h8-11,13,15H,2-7H2,1H3,(H,18,19). The lowest BCUT2D eigenvalue weighted by Gasteiger charge is -2.25. The molecule has 1 fully saturated rings. The van der Waals surface area contributed by atoms with Gasteiger partial charge in [-0.05, 0) is 43.5 Å². The Kier molecular flexibility index (Phi) is 5.89. The maximum Gasteiger partial charge on any atom is 0.233 e. The van der Waals surface area contributed by atoms with Gasteiger partial charge in [0.2, 0.25) is 5.91 Å². The van der Waals surface area contributed by atoms with Crippen molar-refractivity contribution in [1.82, 2.24) is 5.32 Å². The molecule has 0 aromatic heterocycles. The minimum absolute atomic E-state index is 0.0950. The number of carbonyl (C=O) groups excluding carboxylic acids is 1. The van der Waals surface area contributed by atoms with Gasteiger partial charge in [-0.1, -0.05) is 26.2 Å². The van der Waals surface area contributed by atoms with Gasteiger partial charge in [0.15, 0.2) is 0 Å². The van der Waals surface area contributed by atoms with Crippen LogP contribution in [0.2, 0.25) is 0 Å². The number of nitrogens with one attached hydrogen (secondary N) is 1. The van der Waals surface area contributed by atoms with Crippen LogP contribution in [0.1, 0.15) is 45.4 Å². The molecule has 0 bridgehead atoms. The first-order valence-electron chi connectivity index (χ1n) is 7.41. The average Bonchev–Trinajstić information content (AvgIpc) is 2.47. The molecule has 2 rings (SSSR count). The largest absolute Gasteiger partial charge is 0.352 e. The minimum atomic E-state index is -0.242. The molecule has 1 saturated carbocycles. The zero-order chi connectivity index (χ0) is 14.4. The molecule has 1 aromatic carbocycles. The molecule has 1 aliphatic carbocycles. The Morgan fingerprint density at radius 3 is 2.55 bits per heavy atom. The summed E-state index contributed by atoms with van der Waals surface area (Å²) in [4.78, 5) is 13.2. The molecule has 0 saturated heterocycles. The molecule has 1 aliphatic rings. The van der Waals surface area contributed by atoms with E-state index in [0.29, 0.717) is 6.04 Å². The molecule has 1 unspecified atom stereocenters. The van der Waals surface area contributed by atoms with Crippen molar-refractivity contribution in [2.24, 2.45) is 0 Å². The van der Waals surface area contributed by atoms with Crippen molar-refractivity contribution in [3.8, 4) is 0 Å². The Balaban J connectivity index is 1.89. The summed E-state index contributed by atoms with van der Waals surface area (Å²) in [6.07, 6.45) is 6.70. The summed E-state index contributed by atoms with van der Waals surface area (Å²) in [5, 5.41) is 3.07. The lowest BCUT2D eigenvalue weighted by atomic mass is 9.95. The van der Waals surface area contributed by atoms with Crippen molar-refractivity contribution in [3.63, 3.8) is 0 Å². The number of hydrogen-bond acceptors (Lipinski definition) is 2. The predicted octanol–water partition coefficient (Wildman–Crippen LogP) is 4.15. The fourth-order valence-electron chi connectivity index (χ4n) is 2.54. The van der Waals surface area contributed by atoms with Crippen LogP contribution in [-0.4, -0.2) is 17.2 Å². The van der Waals surface area contributed by atoms with Crippen molar-refractivity contribution >= 4 is 17.7 Å². The quantitative estimate of drug-likeness (QED) is 0.827. The first-order chi connectivity index (χ1) is 9.69. The highest BCUT2D eigenvalue weighted by molar-refractivity contribution is 8.00. The topological polar surface area (TPSA) is 29.1 Å². The molecule has 1 atom stereocenters. The van der Waals surface area contributed by atoms with E-state index in [2.05, 4.69) is 5.32 Å². The third-order valence-corrected chi connectivity index (χ3v) is 5.08. The molecule has 1 amide bonds. The van der Waals surface area contributed by atoms with Crippen molar-refractivity contribution < 1.29 is 9.18 Å². The van der Waals surface area contributed by atoms with E-state index >= 15 is 0 Å². The van der Waals surface area contributed by atoms with Crippen molar-refractivity contribution in [2.45, 2.75) is 61.6 Å². The van der Waals surface area contributed by atoms with E-state index in [1.165, 1.54) is 43.2 Å². The summed E-state index contributed by atoms with van der Waals surface area (Å²) in [5.74, 6) is -0.122. The smallest absolute Gasteiger partial charge is 0.233 e. The van der Waals surface area contributed by atoms with Crippen LogP contribution in [0.5, 0.6) is 0 Å². The van der Waals surface area contributed by atoms with Gasteiger partial charge in [0, 0.05) is 10.9 Å². The SMILES string of the molecule is CCC(Sc1ccc(F)cc1)C(=O)NC1CCCCC1. The second kappa shape index (κ2) is 7.67. The maximum atomic E-state index is 12.9. The Morgan fingerprint density at radius 1 is 1.30 bits per heavy atom. The molecule has 2 nitrogen and oxygen atoms in total. The Morgan fingerprint density at radius 2 is 1.95 bits per heavy atom.